The minimum absolute atomic E-state index is 0.0951. The summed E-state index contributed by atoms with van der Waals surface area (Å²) >= 11 is 0. The number of aromatic amines is 1. The van der Waals surface area contributed by atoms with Crippen LogP contribution in [0.1, 0.15) is 34.9 Å². The number of amides is 1. The monoisotopic (exact) mass is 289 g/mol. The van der Waals surface area contributed by atoms with Crippen LogP contribution in [0.3, 0.4) is 0 Å². The number of nitrogens with zero attached hydrogens (tertiary/aromatic N) is 1. The maximum absolute atomic E-state index is 13.1. The van der Waals surface area contributed by atoms with Gasteiger partial charge in [0.2, 0.25) is 0 Å². The number of carbonyl (C=O) groups excluding carboxylic acids is 1. The van der Waals surface area contributed by atoms with Crippen LogP contribution >= 0.6 is 0 Å². The largest absolute Gasteiger partial charge is 0.376 e. The van der Waals surface area contributed by atoms with Gasteiger partial charge in [-0.15, -0.1) is 0 Å². The van der Waals surface area contributed by atoms with Gasteiger partial charge in [0.1, 0.15) is 11.5 Å². The van der Waals surface area contributed by atoms with E-state index in [0.29, 0.717) is 12.3 Å². The number of carbonyl (C=O) groups is 1. The Bertz CT molecular complexity index is 592. The first-order valence-corrected chi connectivity index (χ1v) is 6.91. The van der Waals surface area contributed by atoms with Crippen molar-refractivity contribution in [2.75, 3.05) is 6.61 Å². The van der Waals surface area contributed by atoms with Gasteiger partial charge in [0.15, 0.2) is 0 Å². The molecule has 3 rings (SSSR count). The highest BCUT2D eigenvalue weighted by atomic mass is 19.1. The molecule has 1 saturated heterocycles. The summed E-state index contributed by atoms with van der Waals surface area (Å²) in [5.74, 6) is -0.554. The molecule has 0 saturated carbocycles. The van der Waals surface area contributed by atoms with E-state index in [2.05, 4.69) is 15.5 Å². The summed E-state index contributed by atoms with van der Waals surface area (Å²) in [5, 5.41) is 9.34. The zero-order chi connectivity index (χ0) is 14.7. The summed E-state index contributed by atoms with van der Waals surface area (Å²) in [6.07, 6.45) is 3.25. The molecule has 0 bridgehead atoms. The molecule has 2 aromatic rings. The predicted octanol–water partition coefficient (Wildman–Crippen LogP) is 2.20. The van der Waals surface area contributed by atoms with Crippen molar-refractivity contribution in [1.82, 2.24) is 15.5 Å². The molecule has 0 aliphatic carbocycles. The smallest absolute Gasteiger partial charge is 0.269 e. The van der Waals surface area contributed by atoms with Crippen molar-refractivity contribution in [3.63, 3.8) is 0 Å². The summed E-state index contributed by atoms with van der Waals surface area (Å²) in [6.45, 7) is 0.683. The van der Waals surface area contributed by atoms with Crippen LogP contribution in [0, 0.1) is 5.82 Å². The summed E-state index contributed by atoms with van der Waals surface area (Å²) < 4.78 is 18.8. The number of H-pyrrole nitrogens is 1. The van der Waals surface area contributed by atoms with E-state index in [9.17, 15) is 9.18 Å². The Balaban J connectivity index is 1.82. The Labute approximate surface area is 121 Å². The van der Waals surface area contributed by atoms with E-state index >= 15 is 0 Å². The van der Waals surface area contributed by atoms with E-state index in [4.69, 9.17) is 4.74 Å². The molecule has 0 spiro atoms. The van der Waals surface area contributed by atoms with Crippen LogP contribution in [0.4, 0.5) is 4.39 Å². The van der Waals surface area contributed by atoms with E-state index in [-0.39, 0.29) is 23.9 Å². The molecule has 110 valence electrons. The molecule has 2 N–H and O–H groups in total. The quantitative estimate of drug-likeness (QED) is 0.906. The van der Waals surface area contributed by atoms with E-state index in [1.807, 2.05) is 0 Å². The second-order valence-corrected chi connectivity index (χ2v) is 5.02. The number of hydrogen-bond donors (Lipinski definition) is 2. The molecule has 0 unspecified atom stereocenters. The van der Waals surface area contributed by atoms with Crippen molar-refractivity contribution in [3.8, 4) is 0 Å². The molecule has 1 aliphatic heterocycles. The molecule has 0 radical (unpaired) electrons. The zero-order valence-electron chi connectivity index (χ0n) is 11.4. The van der Waals surface area contributed by atoms with Crippen LogP contribution in [-0.4, -0.2) is 28.8 Å². The Morgan fingerprint density at radius 3 is 2.81 bits per heavy atom. The Morgan fingerprint density at radius 2 is 2.19 bits per heavy atom. The minimum atomic E-state index is -0.302. The fourth-order valence-electron chi connectivity index (χ4n) is 2.53. The van der Waals surface area contributed by atoms with Gasteiger partial charge in [-0.25, -0.2) is 4.39 Å². The van der Waals surface area contributed by atoms with E-state index in [1.54, 1.807) is 18.2 Å². The normalized spacial score (nSPS) is 19.4. The molecule has 21 heavy (non-hydrogen) atoms. The topological polar surface area (TPSA) is 67.0 Å². The first kappa shape index (κ1) is 13.8. The number of aromatic nitrogens is 2. The molecule has 2 atom stereocenters. The lowest BCUT2D eigenvalue weighted by Gasteiger charge is -2.24. The summed E-state index contributed by atoms with van der Waals surface area (Å²) in [7, 11) is 0. The number of hydrogen-bond acceptors (Lipinski definition) is 3. The average molecular weight is 289 g/mol. The highest BCUT2D eigenvalue weighted by Gasteiger charge is 2.29. The minimum Gasteiger partial charge on any atom is -0.376 e. The molecule has 1 aromatic heterocycles. The number of halogens is 1. The summed E-state index contributed by atoms with van der Waals surface area (Å²) in [6, 6.07) is 7.43. The highest BCUT2D eigenvalue weighted by Crippen LogP contribution is 2.27. The molecule has 1 aliphatic rings. The van der Waals surface area contributed by atoms with Gasteiger partial charge in [-0.1, -0.05) is 12.1 Å². The maximum Gasteiger partial charge on any atom is 0.269 e. The van der Waals surface area contributed by atoms with Crippen LogP contribution in [0.25, 0.3) is 0 Å². The lowest BCUT2D eigenvalue weighted by Crippen LogP contribution is -2.36. The number of nitrogens with one attached hydrogen (secondary N) is 2. The number of ether oxygens (including phenoxy) is 1. The first-order valence-electron chi connectivity index (χ1n) is 6.91. The second-order valence-electron chi connectivity index (χ2n) is 5.02. The third-order valence-corrected chi connectivity index (χ3v) is 3.60. The first-order chi connectivity index (χ1) is 10.2. The predicted molar refractivity (Wildman–Crippen MR) is 74.2 cm³/mol. The van der Waals surface area contributed by atoms with Crippen LogP contribution in [0.2, 0.25) is 0 Å². The molecule has 5 nitrogen and oxygen atoms in total. The molecule has 1 aromatic carbocycles. The van der Waals surface area contributed by atoms with Crippen molar-refractivity contribution in [2.45, 2.75) is 25.0 Å². The van der Waals surface area contributed by atoms with Gasteiger partial charge in [-0.2, -0.15) is 5.10 Å². The third kappa shape index (κ3) is 3.11. The molecular formula is C15H16FN3O2. The fourth-order valence-corrected chi connectivity index (χ4v) is 2.53. The third-order valence-electron chi connectivity index (χ3n) is 3.60. The fraction of sp³-hybridized carbons (Fsp3) is 0.333. The van der Waals surface area contributed by atoms with Crippen LogP contribution in [0.5, 0.6) is 0 Å². The Morgan fingerprint density at radius 1 is 1.38 bits per heavy atom. The highest BCUT2D eigenvalue weighted by molar-refractivity contribution is 5.92. The summed E-state index contributed by atoms with van der Waals surface area (Å²) in [4.78, 5) is 12.2. The van der Waals surface area contributed by atoms with Gasteiger partial charge in [-0.3, -0.25) is 9.89 Å². The van der Waals surface area contributed by atoms with Crippen molar-refractivity contribution in [3.05, 3.63) is 53.6 Å². The van der Waals surface area contributed by atoms with Gasteiger partial charge >= 0.3 is 0 Å². The van der Waals surface area contributed by atoms with Gasteiger partial charge in [0.05, 0.1) is 12.1 Å². The Hall–Kier alpha value is -2.21. The maximum atomic E-state index is 13.1. The summed E-state index contributed by atoms with van der Waals surface area (Å²) in [5.41, 5.74) is 1.22. The molecule has 1 fully saturated rings. The standard InChI is InChI=1S/C15H16FN3O2/c16-11-5-3-10(4-6-11)14(13-2-1-9-21-13)18-15(20)12-7-8-17-19-12/h3-8,13-14H,1-2,9H2,(H,17,19)(H,18,20)/t13-,14+/m0/s1. The zero-order valence-corrected chi connectivity index (χ0v) is 11.4. The van der Waals surface area contributed by atoms with Crippen molar-refractivity contribution in [1.29, 1.82) is 0 Å². The number of benzene rings is 1. The number of rotatable bonds is 4. The molecule has 1 amide bonds. The van der Waals surface area contributed by atoms with Crippen molar-refractivity contribution in [2.24, 2.45) is 0 Å². The van der Waals surface area contributed by atoms with Gasteiger partial charge < -0.3 is 10.1 Å². The average Bonchev–Trinajstić information content (AvgIpc) is 3.19. The van der Waals surface area contributed by atoms with Crippen LogP contribution in [0.15, 0.2) is 36.5 Å². The van der Waals surface area contributed by atoms with Crippen molar-refractivity contribution < 1.29 is 13.9 Å². The lowest BCUT2D eigenvalue weighted by atomic mass is 9.99. The van der Waals surface area contributed by atoms with E-state index < -0.39 is 0 Å². The molecular weight excluding hydrogens is 273 g/mol. The van der Waals surface area contributed by atoms with Gasteiger partial charge in [-0.05, 0) is 36.6 Å². The SMILES string of the molecule is O=C(N[C@H](c1ccc(F)cc1)[C@@H]1CCCO1)c1ccn[nH]1. The van der Waals surface area contributed by atoms with Crippen LogP contribution in [-0.2, 0) is 4.74 Å². The Kier molecular flexibility index (Phi) is 3.96. The van der Waals surface area contributed by atoms with Gasteiger partial charge in [0.25, 0.3) is 5.91 Å². The molecule has 2 heterocycles. The molecule has 6 heteroatoms. The second kappa shape index (κ2) is 6.05. The van der Waals surface area contributed by atoms with Gasteiger partial charge in [0, 0.05) is 12.8 Å². The van der Waals surface area contributed by atoms with Crippen molar-refractivity contribution >= 4 is 5.91 Å². The van der Waals surface area contributed by atoms with Crippen LogP contribution < -0.4 is 5.32 Å². The van der Waals surface area contributed by atoms with E-state index in [0.717, 1.165) is 18.4 Å². The van der Waals surface area contributed by atoms with E-state index in [1.165, 1.54) is 18.3 Å². The lowest BCUT2D eigenvalue weighted by molar-refractivity contribution is 0.0669.